The van der Waals surface area contributed by atoms with Crippen LogP contribution in [0.1, 0.15) is 35.7 Å². The Kier molecular flexibility index (Phi) is 4.37. The summed E-state index contributed by atoms with van der Waals surface area (Å²) in [5, 5.41) is 3.45. The van der Waals surface area contributed by atoms with Crippen LogP contribution in [0.15, 0.2) is 24.3 Å². The predicted octanol–water partition coefficient (Wildman–Crippen LogP) is 2.21. The first-order valence-electron chi connectivity index (χ1n) is 6.80. The summed E-state index contributed by atoms with van der Waals surface area (Å²) in [5.74, 6) is 0.148. The van der Waals surface area contributed by atoms with Gasteiger partial charge in [0.25, 0.3) is 5.91 Å². The molecule has 98 valence electrons. The van der Waals surface area contributed by atoms with Gasteiger partial charge in [-0.15, -0.1) is 0 Å². The number of hydrogen-bond donors (Lipinski definition) is 1. The molecule has 1 aliphatic rings. The fraction of sp³-hybridized carbons (Fsp3) is 0.533. The number of carbonyl (C=O) groups is 1. The lowest BCUT2D eigenvalue weighted by molar-refractivity contribution is 0.0751. The van der Waals surface area contributed by atoms with Crippen LogP contribution in [0.5, 0.6) is 0 Å². The van der Waals surface area contributed by atoms with Gasteiger partial charge in [0.15, 0.2) is 0 Å². The molecule has 2 rings (SSSR count). The first kappa shape index (κ1) is 13.1. The second kappa shape index (κ2) is 6.01. The number of likely N-dealkylation sites (N-methyl/N-ethyl adjacent to an activating group) is 1. The number of hydrogen-bond acceptors (Lipinski definition) is 2. The van der Waals surface area contributed by atoms with Gasteiger partial charge >= 0.3 is 0 Å². The topological polar surface area (TPSA) is 32.3 Å². The van der Waals surface area contributed by atoms with Crippen LogP contribution in [-0.4, -0.2) is 36.5 Å². The molecule has 3 nitrogen and oxygen atoms in total. The molecule has 0 aromatic heterocycles. The van der Waals surface area contributed by atoms with E-state index in [2.05, 4.69) is 5.32 Å². The number of nitrogens with one attached hydrogen (secondary N) is 1. The molecule has 1 heterocycles. The fourth-order valence-corrected chi connectivity index (χ4v) is 2.49. The van der Waals surface area contributed by atoms with E-state index >= 15 is 0 Å². The monoisotopic (exact) mass is 246 g/mol. The molecule has 1 aromatic carbocycles. The van der Waals surface area contributed by atoms with Crippen molar-refractivity contribution >= 4 is 5.91 Å². The normalized spacial score (nSPS) is 18.9. The van der Waals surface area contributed by atoms with Gasteiger partial charge in [0.1, 0.15) is 0 Å². The molecule has 18 heavy (non-hydrogen) atoms. The third-order valence-electron chi connectivity index (χ3n) is 3.54. The average molecular weight is 246 g/mol. The molecule has 1 aliphatic heterocycles. The highest BCUT2D eigenvalue weighted by atomic mass is 16.2. The van der Waals surface area contributed by atoms with Gasteiger partial charge in [0, 0.05) is 24.7 Å². The van der Waals surface area contributed by atoms with E-state index in [9.17, 15) is 4.79 Å². The summed E-state index contributed by atoms with van der Waals surface area (Å²) in [7, 11) is 0. The third kappa shape index (κ3) is 3.10. The van der Waals surface area contributed by atoms with E-state index in [0.29, 0.717) is 6.04 Å². The van der Waals surface area contributed by atoms with Gasteiger partial charge < -0.3 is 10.2 Å². The Hall–Kier alpha value is -1.35. The highest BCUT2D eigenvalue weighted by molar-refractivity contribution is 5.94. The molecular formula is C15H22N2O. The van der Waals surface area contributed by atoms with Crippen molar-refractivity contribution in [3.8, 4) is 0 Å². The Morgan fingerprint density at radius 3 is 2.94 bits per heavy atom. The van der Waals surface area contributed by atoms with E-state index in [4.69, 9.17) is 0 Å². The number of aryl methyl sites for hydroxylation is 1. The Morgan fingerprint density at radius 2 is 2.33 bits per heavy atom. The standard InChI is InChI=1S/C15H22N2O/c1-3-17(11-14-8-5-9-16-14)15(18)13-7-4-6-12(2)10-13/h4,6-7,10,14,16H,3,5,8-9,11H2,1-2H3. The van der Waals surface area contributed by atoms with Crippen molar-refractivity contribution in [2.45, 2.75) is 32.7 Å². The molecule has 1 unspecified atom stereocenters. The van der Waals surface area contributed by atoms with Crippen LogP contribution < -0.4 is 5.32 Å². The van der Waals surface area contributed by atoms with E-state index in [-0.39, 0.29) is 5.91 Å². The van der Waals surface area contributed by atoms with Gasteiger partial charge in [-0.2, -0.15) is 0 Å². The smallest absolute Gasteiger partial charge is 0.253 e. The van der Waals surface area contributed by atoms with E-state index in [1.807, 2.05) is 43.0 Å². The van der Waals surface area contributed by atoms with Crippen LogP contribution in [0.2, 0.25) is 0 Å². The van der Waals surface area contributed by atoms with Crippen molar-refractivity contribution in [2.75, 3.05) is 19.6 Å². The molecular weight excluding hydrogens is 224 g/mol. The quantitative estimate of drug-likeness (QED) is 0.883. The van der Waals surface area contributed by atoms with E-state index in [1.54, 1.807) is 0 Å². The zero-order valence-corrected chi connectivity index (χ0v) is 11.3. The maximum Gasteiger partial charge on any atom is 0.253 e. The van der Waals surface area contributed by atoms with Gasteiger partial charge in [0.2, 0.25) is 0 Å². The lowest BCUT2D eigenvalue weighted by Crippen LogP contribution is -2.41. The summed E-state index contributed by atoms with van der Waals surface area (Å²) < 4.78 is 0. The zero-order chi connectivity index (χ0) is 13.0. The number of carbonyl (C=O) groups excluding carboxylic acids is 1. The van der Waals surface area contributed by atoms with Crippen molar-refractivity contribution in [2.24, 2.45) is 0 Å². The van der Waals surface area contributed by atoms with Gasteiger partial charge in [-0.3, -0.25) is 4.79 Å². The molecule has 0 aliphatic carbocycles. The summed E-state index contributed by atoms with van der Waals surface area (Å²) in [4.78, 5) is 14.4. The molecule has 1 N–H and O–H groups in total. The maximum absolute atomic E-state index is 12.4. The lowest BCUT2D eigenvalue weighted by Gasteiger charge is -2.24. The summed E-state index contributed by atoms with van der Waals surface area (Å²) in [5.41, 5.74) is 1.94. The SMILES string of the molecule is CCN(CC1CCCN1)C(=O)c1cccc(C)c1. The Balaban J connectivity index is 2.04. The minimum atomic E-state index is 0.148. The molecule has 1 aromatic rings. The molecule has 3 heteroatoms. The van der Waals surface area contributed by atoms with Crippen LogP contribution in [0.4, 0.5) is 0 Å². The Bertz CT molecular complexity index is 411. The minimum absolute atomic E-state index is 0.148. The molecule has 1 fully saturated rings. The summed E-state index contributed by atoms with van der Waals surface area (Å²) in [6, 6.07) is 8.31. The van der Waals surface area contributed by atoms with Gasteiger partial charge in [-0.25, -0.2) is 0 Å². The average Bonchev–Trinajstić information content (AvgIpc) is 2.88. The van der Waals surface area contributed by atoms with Gasteiger partial charge in [0.05, 0.1) is 0 Å². The second-order valence-corrected chi connectivity index (χ2v) is 5.01. The largest absolute Gasteiger partial charge is 0.337 e. The molecule has 0 radical (unpaired) electrons. The highest BCUT2D eigenvalue weighted by Crippen LogP contribution is 2.11. The summed E-state index contributed by atoms with van der Waals surface area (Å²) in [6.45, 7) is 6.74. The van der Waals surface area contributed by atoms with Crippen LogP contribution in [0.25, 0.3) is 0 Å². The number of nitrogens with zero attached hydrogens (tertiary/aromatic N) is 1. The number of amides is 1. The Morgan fingerprint density at radius 1 is 1.50 bits per heavy atom. The van der Waals surface area contributed by atoms with Crippen molar-refractivity contribution in [1.29, 1.82) is 0 Å². The highest BCUT2D eigenvalue weighted by Gasteiger charge is 2.21. The van der Waals surface area contributed by atoms with Gasteiger partial charge in [-0.1, -0.05) is 17.7 Å². The van der Waals surface area contributed by atoms with Crippen LogP contribution in [-0.2, 0) is 0 Å². The maximum atomic E-state index is 12.4. The molecule has 0 saturated carbocycles. The van der Waals surface area contributed by atoms with Gasteiger partial charge in [-0.05, 0) is 45.4 Å². The predicted molar refractivity (Wildman–Crippen MR) is 73.8 cm³/mol. The first-order chi connectivity index (χ1) is 8.70. The van der Waals surface area contributed by atoms with Crippen LogP contribution in [0.3, 0.4) is 0 Å². The van der Waals surface area contributed by atoms with Crippen molar-refractivity contribution in [3.05, 3.63) is 35.4 Å². The molecule has 1 amide bonds. The van der Waals surface area contributed by atoms with Crippen molar-refractivity contribution < 1.29 is 4.79 Å². The zero-order valence-electron chi connectivity index (χ0n) is 11.3. The number of rotatable bonds is 4. The number of benzene rings is 1. The van der Waals surface area contributed by atoms with Crippen molar-refractivity contribution in [3.63, 3.8) is 0 Å². The van der Waals surface area contributed by atoms with Crippen LogP contribution in [0, 0.1) is 6.92 Å². The third-order valence-corrected chi connectivity index (χ3v) is 3.54. The Labute approximate surface area is 109 Å². The summed E-state index contributed by atoms with van der Waals surface area (Å²) in [6.07, 6.45) is 2.40. The molecule has 1 atom stereocenters. The van der Waals surface area contributed by atoms with Crippen molar-refractivity contribution in [1.82, 2.24) is 10.2 Å². The second-order valence-electron chi connectivity index (χ2n) is 5.01. The van der Waals surface area contributed by atoms with Crippen LogP contribution >= 0.6 is 0 Å². The summed E-state index contributed by atoms with van der Waals surface area (Å²) >= 11 is 0. The first-order valence-corrected chi connectivity index (χ1v) is 6.80. The molecule has 1 saturated heterocycles. The van der Waals surface area contributed by atoms with E-state index < -0.39 is 0 Å². The fourth-order valence-electron chi connectivity index (χ4n) is 2.49. The minimum Gasteiger partial charge on any atom is -0.337 e. The van der Waals surface area contributed by atoms with E-state index in [1.165, 1.54) is 12.8 Å². The lowest BCUT2D eigenvalue weighted by atomic mass is 10.1. The van der Waals surface area contributed by atoms with E-state index in [0.717, 1.165) is 30.8 Å². The molecule has 0 bridgehead atoms. The molecule has 0 spiro atoms.